The van der Waals surface area contributed by atoms with Crippen molar-refractivity contribution < 1.29 is 22.6 Å². The summed E-state index contributed by atoms with van der Waals surface area (Å²) in [4.78, 5) is 17.9. The van der Waals surface area contributed by atoms with E-state index in [2.05, 4.69) is 15.0 Å². The standard InChI is InChI=1S/C24H26F3N5O2/c1-13(2)19-23(34-5)30-18(22(31-19)33-4)11-15-6-7-16(21-28-8-9-32(15)21)20-17(24(25,26)27)10-14(3)12-29-20/h6-10,12-13,18-19H,11H2,1-5H3/t18-,19+/m0/s1. The van der Waals surface area contributed by atoms with Gasteiger partial charge < -0.3 is 13.9 Å². The number of aliphatic imine (C=N–C) groups is 2. The Balaban J connectivity index is 1.76. The number of aryl methyl sites for hydroxylation is 1. The molecule has 7 nitrogen and oxygen atoms in total. The Morgan fingerprint density at radius 3 is 2.44 bits per heavy atom. The van der Waals surface area contributed by atoms with E-state index in [1.807, 2.05) is 13.8 Å². The third kappa shape index (κ3) is 4.36. The summed E-state index contributed by atoms with van der Waals surface area (Å²) >= 11 is 0. The van der Waals surface area contributed by atoms with Gasteiger partial charge in [0, 0.05) is 36.3 Å². The fourth-order valence-electron chi connectivity index (χ4n) is 4.11. The van der Waals surface area contributed by atoms with Crippen LogP contribution in [0.1, 0.15) is 30.7 Å². The molecule has 1 aliphatic rings. The molecule has 0 saturated carbocycles. The number of imidazole rings is 1. The molecule has 4 heterocycles. The van der Waals surface area contributed by atoms with Crippen LogP contribution in [0.3, 0.4) is 0 Å². The minimum Gasteiger partial charge on any atom is -0.483 e. The highest BCUT2D eigenvalue weighted by Crippen LogP contribution is 2.37. The first kappa shape index (κ1) is 23.7. The predicted molar refractivity (Wildman–Crippen MR) is 123 cm³/mol. The number of nitrogens with zero attached hydrogens (tertiary/aromatic N) is 5. The number of hydrogen-bond acceptors (Lipinski definition) is 6. The predicted octanol–water partition coefficient (Wildman–Crippen LogP) is 4.76. The summed E-state index contributed by atoms with van der Waals surface area (Å²) in [5.41, 5.74) is 0.946. The fraction of sp³-hybridized carbons (Fsp3) is 0.417. The first-order valence-corrected chi connectivity index (χ1v) is 10.9. The molecule has 34 heavy (non-hydrogen) atoms. The van der Waals surface area contributed by atoms with Crippen LogP contribution in [0.4, 0.5) is 13.2 Å². The van der Waals surface area contributed by atoms with Gasteiger partial charge in [0.2, 0.25) is 11.8 Å². The number of halogens is 3. The van der Waals surface area contributed by atoms with Crippen LogP contribution < -0.4 is 0 Å². The number of rotatable bonds is 4. The van der Waals surface area contributed by atoms with E-state index in [1.54, 1.807) is 50.1 Å². The molecular weight excluding hydrogens is 447 g/mol. The second-order valence-electron chi connectivity index (χ2n) is 8.52. The minimum atomic E-state index is -4.54. The normalized spacial score (nSPS) is 18.7. The molecule has 0 N–H and O–H groups in total. The maximum absolute atomic E-state index is 13.7. The number of alkyl halides is 3. The van der Waals surface area contributed by atoms with Gasteiger partial charge >= 0.3 is 6.18 Å². The number of ether oxygens (including phenoxy) is 2. The molecule has 0 fully saturated rings. The van der Waals surface area contributed by atoms with Crippen molar-refractivity contribution in [2.45, 2.75) is 45.5 Å². The van der Waals surface area contributed by atoms with Crippen LogP contribution in [0, 0.1) is 12.8 Å². The van der Waals surface area contributed by atoms with Gasteiger partial charge in [0.05, 0.1) is 25.5 Å². The molecule has 3 aromatic rings. The average molecular weight is 473 g/mol. The van der Waals surface area contributed by atoms with Crippen LogP contribution in [-0.4, -0.2) is 52.5 Å². The molecule has 0 radical (unpaired) electrons. The van der Waals surface area contributed by atoms with Crippen molar-refractivity contribution in [3.8, 4) is 11.3 Å². The van der Waals surface area contributed by atoms with E-state index in [0.29, 0.717) is 35.0 Å². The summed E-state index contributed by atoms with van der Waals surface area (Å²) in [6.07, 6.45) is 0.535. The largest absolute Gasteiger partial charge is 0.483 e. The van der Waals surface area contributed by atoms with E-state index in [-0.39, 0.29) is 17.7 Å². The molecule has 4 rings (SSSR count). The van der Waals surface area contributed by atoms with Crippen molar-refractivity contribution in [2.24, 2.45) is 15.9 Å². The minimum absolute atomic E-state index is 0.155. The SMILES string of the molecule is COC1=N[C@H](C(C)C)C(OC)=N[C@H]1Cc1ccc(-c2ncc(C)cc2C(F)(F)F)c2nccn12. The van der Waals surface area contributed by atoms with E-state index >= 15 is 0 Å². The molecular formula is C24H26F3N5O2. The second-order valence-corrected chi connectivity index (χ2v) is 8.52. The van der Waals surface area contributed by atoms with Gasteiger partial charge in [-0.3, -0.25) is 4.98 Å². The lowest BCUT2D eigenvalue weighted by molar-refractivity contribution is -0.137. The lowest BCUT2D eigenvalue weighted by Gasteiger charge is -2.27. The van der Waals surface area contributed by atoms with Gasteiger partial charge in [0.15, 0.2) is 0 Å². The molecule has 10 heteroatoms. The van der Waals surface area contributed by atoms with Crippen LogP contribution in [0.2, 0.25) is 0 Å². The van der Waals surface area contributed by atoms with Gasteiger partial charge in [-0.05, 0) is 36.6 Å². The zero-order chi connectivity index (χ0) is 24.6. The first-order chi connectivity index (χ1) is 16.1. The smallest absolute Gasteiger partial charge is 0.418 e. The summed E-state index contributed by atoms with van der Waals surface area (Å²) in [5.74, 6) is 1.18. The summed E-state index contributed by atoms with van der Waals surface area (Å²) in [6.45, 7) is 5.63. The fourth-order valence-corrected chi connectivity index (χ4v) is 4.11. The number of aromatic nitrogens is 3. The molecule has 3 aromatic heterocycles. The van der Waals surface area contributed by atoms with Crippen LogP contribution >= 0.6 is 0 Å². The summed E-state index contributed by atoms with van der Waals surface area (Å²) in [7, 11) is 3.11. The third-order valence-corrected chi connectivity index (χ3v) is 5.76. The molecule has 0 bridgehead atoms. The van der Waals surface area contributed by atoms with Gasteiger partial charge in [-0.1, -0.05) is 13.8 Å². The van der Waals surface area contributed by atoms with Crippen molar-refractivity contribution in [1.82, 2.24) is 14.4 Å². The number of fused-ring (bicyclic) bond motifs is 1. The molecule has 0 spiro atoms. The molecule has 0 aliphatic carbocycles. The van der Waals surface area contributed by atoms with E-state index in [0.717, 1.165) is 11.8 Å². The molecule has 2 atom stereocenters. The first-order valence-electron chi connectivity index (χ1n) is 10.9. The Bertz CT molecular complexity index is 1260. The molecule has 0 aromatic carbocycles. The van der Waals surface area contributed by atoms with Gasteiger partial charge in [-0.15, -0.1) is 0 Å². The molecule has 180 valence electrons. The summed E-state index contributed by atoms with van der Waals surface area (Å²) in [6, 6.07) is 3.81. The topological polar surface area (TPSA) is 73.4 Å². The highest BCUT2D eigenvalue weighted by atomic mass is 19.4. The van der Waals surface area contributed by atoms with Crippen LogP contribution in [0.15, 0.2) is 46.8 Å². The van der Waals surface area contributed by atoms with E-state index in [1.165, 1.54) is 6.20 Å². The Hall–Kier alpha value is -3.43. The van der Waals surface area contributed by atoms with E-state index in [4.69, 9.17) is 14.5 Å². The molecule has 0 saturated heterocycles. The lowest BCUT2D eigenvalue weighted by Crippen LogP contribution is -2.38. The Morgan fingerprint density at radius 2 is 1.79 bits per heavy atom. The zero-order valence-corrected chi connectivity index (χ0v) is 19.6. The van der Waals surface area contributed by atoms with Gasteiger partial charge in [-0.25, -0.2) is 15.0 Å². The highest BCUT2D eigenvalue weighted by molar-refractivity contribution is 5.94. The molecule has 0 unspecified atom stereocenters. The summed E-state index contributed by atoms with van der Waals surface area (Å²) < 4.78 is 54.0. The monoisotopic (exact) mass is 473 g/mol. The Kier molecular flexibility index (Phi) is 6.33. The van der Waals surface area contributed by atoms with Crippen LogP contribution in [0.5, 0.6) is 0 Å². The molecule has 1 aliphatic heterocycles. The average Bonchev–Trinajstić information content (AvgIpc) is 3.29. The lowest BCUT2D eigenvalue weighted by atomic mass is 10.0. The van der Waals surface area contributed by atoms with Crippen LogP contribution in [0.25, 0.3) is 16.9 Å². The quantitative estimate of drug-likeness (QED) is 0.548. The zero-order valence-electron chi connectivity index (χ0n) is 19.6. The number of hydrogen-bond donors (Lipinski definition) is 0. The van der Waals surface area contributed by atoms with Gasteiger partial charge in [0.1, 0.15) is 17.7 Å². The molecule has 0 amide bonds. The summed E-state index contributed by atoms with van der Waals surface area (Å²) in [5, 5.41) is 0. The van der Waals surface area contributed by atoms with Crippen molar-refractivity contribution in [3.63, 3.8) is 0 Å². The van der Waals surface area contributed by atoms with E-state index in [9.17, 15) is 13.2 Å². The van der Waals surface area contributed by atoms with Gasteiger partial charge in [0.25, 0.3) is 0 Å². The Morgan fingerprint density at radius 1 is 1.06 bits per heavy atom. The van der Waals surface area contributed by atoms with Gasteiger partial charge in [-0.2, -0.15) is 13.2 Å². The maximum Gasteiger partial charge on any atom is 0.418 e. The van der Waals surface area contributed by atoms with Crippen LogP contribution in [-0.2, 0) is 22.1 Å². The van der Waals surface area contributed by atoms with Crippen molar-refractivity contribution in [3.05, 3.63) is 53.6 Å². The van der Waals surface area contributed by atoms with Crippen molar-refractivity contribution in [1.29, 1.82) is 0 Å². The van der Waals surface area contributed by atoms with Crippen molar-refractivity contribution in [2.75, 3.05) is 14.2 Å². The number of methoxy groups -OCH3 is 2. The second kappa shape index (κ2) is 9.08. The highest BCUT2D eigenvalue weighted by Gasteiger charge is 2.36. The maximum atomic E-state index is 13.7. The Labute approximate surface area is 195 Å². The third-order valence-electron chi connectivity index (χ3n) is 5.76. The van der Waals surface area contributed by atoms with Crippen molar-refractivity contribution >= 4 is 17.4 Å². The van der Waals surface area contributed by atoms with E-state index < -0.39 is 17.8 Å². The number of pyridine rings is 2.